The molecule has 1 aromatic carbocycles. The number of piperazine rings is 1. The molecule has 0 radical (unpaired) electrons. The van der Waals surface area contributed by atoms with Crippen molar-refractivity contribution >= 4 is 11.6 Å². The van der Waals surface area contributed by atoms with E-state index < -0.39 is 0 Å². The topological polar surface area (TPSA) is 36.0 Å². The van der Waals surface area contributed by atoms with Gasteiger partial charge in [0, 0.05) is 26.2 Å². The molecule has 138 valence electrons. The normalized spacial score (nSPS) is 23.8. The maximum Gasteiger partial charge on any atom is 0.227 e. The van der Waals surface area contributed by atoms with E-state index in [4.69, 9.17) is 4.74 Å². The highest BCUT2D eigenvalue weighted by Crippen LogP contribution is 2.35. The second kappa shape index (κ2) is 7.24. The summed E-state index contributed by atoms with van der Waals surface area (Å²) in [6.07, 6.45) is 1.000. The van der Waals surface area contributed by atoms with Crippen LogP contribution in [0.5, 0.6) is 5.75 Å². The van der Waals surface area contributed by atoms with Crippen molar-refractivity contribution in [1.29, 1.82) is 0 Å². The highest BCUT2D eigenvalue weighted by molar-refractivity contribution is 5.80. The summed E-state index contributed by atoms with van der Waals surface area (Å²) in [5.74, 6) is 1.40. The highest BCUT2D eigenvalue weighted by atomic mass is 16.5. The van der Waals surface area contributed by atoms with Gasteiger partial charge in [0.05, 0.1) is 24.3 Å². The molecule has 5 heteroatoms. The van der Waals surface area contributed by atoms with Gasteiger partial charge in [0.15, 0.2) is 0 Å². The predicted molar refractivity (Wildman–Crippen MR) is 101 cm³/mol. The van der Waals surface area contributed by atoms with Gasteiger partial charge in [0.25, 0.3) is 0 Å². The SMILES string of the molecule is CCN1CC[C@@H](C(=O)N2CCN(c3ccccc3OC)C(C)(C)C2)C1. The molecule has 2 saturated heterocycles. The monoisotopic (exact) mass is 345 g/mol. The van der Waals surface area contributed by atoms with Gasteiger partial charge >= 0.3 is 0 Å². The first-order valence-corrected chi connectivity index (χ1v) is 9.38. The molecule has 25 heavy (non-hydrogen) atoms. The quantitative estimate of drug-likeness (QED) is 0.840. The number of anilines is 1. The lowest BCUT2D eigenvalue weighted by molar-refractivity contribution is -0.136. The standard InChI is InChI=1S/C20H31N3O2/c1-5-21-11-10-16(14-21)19(24)22-12-13-23(20(2,3)15-22)17-8-6-7-9-18(17)25-4/h6-9,16H,5,10-15H2,1-4H3/t16-/m1/s1. The molecule has 2 aliphatic rings. The lowest BCUT2D eigenvalue weighted by Gasteiger charge is -2.49. The molecule has 0 N–H and O–H groups in total. The molecule has 0 saturated carbocycles. The Bertz CT molecular complexity index is 617. The lowest BCUT2D eigenvalue weighted by atomic mass is 9.96. The fourth-order valence-corrected chi connectivity index (χ4v) is 4.22. The second-order valence-electron chi connectivity index (χ2n) is 7.77. The number of para-hydroxylation sites is 2. The minimum absolute atomic E-state index is 0.119. The Morgan fingerprint density at radius 3 is 2.64 bits per heavy atom. The molecular formula is C20H31N3O2. The van der Waals surface area contributed by atoms with Crippen LogP contribution in [-0.4, -0.2) is 67.6 Å². The van der Waals surface area contributed by atoms with Crippen LogP contribution in [0.15, 0.2) is 24.3 Å². The van der Waals surface area contributed by atoms with Gasteiger partial charge in [0.1, 0.15) is 5.75 Å². The van der Waals surface area contributed by atoms with Crippen LogP contribution in [0.4, 0.5) is 5.69 Å². The number of rotatable bonds is 4. The van der Waals surface area contributed by atoms with Gasteiger partial charge in [-0.2, -0.15) is 0 Å². The number of methoxy groups -OCH3 is 1. The number of ether oxygens (including phenoxy) is 1. The van der Waals surface area contributed by atoms with Gasteiger partial charge in [-0.05, 0) is 45.5 Å². The third-order valence-corrected chi connectivity index (χ3v) is 5.66. The zero-order valence-corrected chi connectivity index (χ0v) is 16.0. The molecule has 5 nitrogen and oxygen atoms in total. The summed E-state index contributed by atoms with van der Waals surface area (Å²) in [6, 6.07) is 8.15. The third kappa shape index (κ3) is 3.61. The van der Waals surface area contributed by atoms with Gasteiger partial charge in [-0.3, -0.25) is 4.79 Å². The van der Waals surface area contributed by atoms with Crippen molar-refractivity contribution in [2.24, 2.45) is 5.92 Å². The minimum atomic E-state index is -0.119. The van der Waals surface area contributed by atoms with E-state index in [2.05, 4.69) is 41.5 Å². The van der Waals surface area contributed by atoms with E-state index in [1.165, 1.54) is 0 Å². The van der Waals surface area contributed by atoms with Crippen LogP contribution in [0.3, 0.4) is 0 Å². The van der Waals surface area contributed by atoms with Gasteiger partial charge in [-0.25, -0.2) is 0 Å². The lowest BCUT2D eigenvalue weighted by Crippen LogP contribution is -2.61. The Hall–Kier alpha value is -1.75. The summed E-state index contributed by atoms with van der Waals surface area (Å²) in [5.41, 5.74) is 0.992. The summed E-state index contributed by atoms with van der Waals surface area (Å²) in [7, 11) is 1.71. The Morgan fingerprint density at radius 1 is 1.24 bits per heavy atom. The molecule has 0 aliphatic carbocycles. The van der Waals surface area contributed by atoms with Gasteiger partial charge in [-0.15, -0.1) is 0 Å². The van der Waals surface area contributed by atoms with Crippen LogP contribution in [0.25, 0.3) is 0 Å². The summed E-state index contributed by atoms with van der Waals surface area (Å²) in [4.78, 5) is 19.8. The first-order chi connectivity index (χ1) is 12.0. The van der Waals surface area contributed by atoms with Gasteiger partial charge in [0.2, 0.25) is 5.91 Å². The van der Waals surface area contributed by atoms with Gasteiger partial charge in [-0.1, -0.05) is 19.1 Å². The largest absolute Gasteiger partial charge is 0.495 e. The fourth-order valence-electron chi connectivity index (χ4n) is 4.22. The van der Waals surface area contributed by atoms with E-state index in [-0.39, 0.29) is 11.5 Å². The predicted octanol–water partition coefficient (Wildman–Crippen LogP) is 2.46. The molecule has 2 aliphatic heterocycles. The molecule has 1 aromatic rings. The van der Waals surface area contributed by atoms with E-state index in [9.17, 15) is 4.79 Å². The number of benzene rings is 1. The second-order valence-corrected chi connectivity index (χ2v) is 7.77. The van der Waals surface area contributed by atoms with Crippen molar-refractivity contribution in [2.75, 3.05) is 51.3 Å². The number of likely N-dealkylation sites (tertiary alicyclic amines) is 1. The van der Waals surface area contributed by atoms with E-state index in [0.717, 1.165) is 57.1 Å². The van der Waals surface area contributed by atoms with E-state index >= 15 is 0 Å². The molecule has 2 heterocycles. The Labute approximate surface area is 151 Å². The Morgan fingerprint density at radius 2 is 2.00 bits per heavy atom. The van der Waals surface area contributed by atoms with E-state index in [1.807, 2.05) is 18.2 Å². The van der Waals surface area contributed by atoms with Crippen LogP contribution in [-0.2, 0) is 4.79 Å². The Kier molecular flexibility index (Phi) is 5.23. The Balaban J connectivity index is 1.71. The van der Waals surface area contributed by atoms with Crippen molar-refractivity contribution in [3.8, 4) is 5.75 Å². The number of nitrogens with zero attached hydrogens (tertiary/aromatic N) is 3. The maximum absolute atomic E-state index is 13.0. The zero-order chi connectivity index (χ0) is 18.0. The minimum Gasteiger partial charge on any atom is -0.495 e. The average Bonchev–Trinajstić information content (AvgIpc) is 3.09. The molecule has 1 amide bonds. The summed E-state index contributed by atoms with van der Waals surface area (Å²) < 4.78 is 5.54. The van der Waals surface area contributed by atoms with Crippen LogP contribution >= 0.6 is 0 Å². The molecule has 0 aromatic heterocycles. The first-order valence-electron chi connectivity index (χ1n) is 9.38. The molecule has 0 bridgehead atoms. The zero-order valence-electron chi connectivity index (χ0n) is 16.0. The summed E-state index contributed by atoms with van der Waals surface area (Å²) in [6.45, 7) is 12.0. The van der Waals surface area contributed by atoms with Crippen LogP contribution in [0.1, 0.15) is 27.2 Å². The van der Waals surface area contributed by atoms with Crippen LogP contribution in [0, 0.1) is 5.92 Å². The van der Waals surface area contributed by atoms with Crippen molar-refractivity contribution < 1.29 is 9.53 Å². The van der Waals surface area contributed by atoms with Crippen molar-refractivity contribution in [2.45, 2.75) is 32.7 Å². The molecular weight excluding hydrogens is 314 g/mol. The van der Waals surface area contributed by atoms with E-state index in [1.54, 1.807) is 7.11 Å². The first kappa shape index (κ1) is 18.1. The maximum atomic E-state index is 13.0. The smallest absolute Gasteiger partial charge is 0.227 e. The highest BCUT2D eigenvalue weighted by Gasteiger charge is 2.39. The molecule has 1 atom stereocenters. The number of carbonyl (C=O) groups is 1. The molecule has 0 unspecified atom stereocenters. The van der Waals surface area contributed by atoms with E-state index in [0.29, 0.717) is 5.91 Å². The number of carbonyl (C=O) groups excluding carboxylic acids is 1. The van der Waals surface area contributed by atoms with Crippen molar-refractivity contribution in [3.63, 3.8) is 0 Å². The average molecular weight is 345 g/mol. The molecule has 0 spiro atoms. The molecule has 3 rings (SSSR count). The number of amides is 1. The van der Waals surface area contributed by atoms with Crippen LogP contribution < -0.4 is 9.64 Å². The number of hydrogen-bond donors (Lipinski definition) is 0. The van der Waals surface area contributed by atoms with Gasteiger partial charge < -0.3 is 19.4 Å². The summed E-state index contributed by atoms with van der Waals surface area (Å²) >= 11 is 0. The fraction of sp³-hybridized carbons (Fsp3) is 0.650. The number of hydrogen-bond acceptors (Lipinski definition) is 4. The summed E-state index contributed by atoms with van der Waals surface area (Å²) in [5, 5.41) is 0. The molecule has 2 fully saturated rings. The van der Waals surface area contributed by atoms with Crippen LogP contribution in [0.2, 0.25) is 0 Å². The third-order valence-electron chi connectivity index (χ3n) is 5.66. The van der Waals surface area contributed by atoms with Crippen molar-refractivity contribution in [1.82, 2.24) is 9.80 Å². The van der Waals surface area contributed by atoms with Crippen molar-refractivity contribution in [3.05, 3.63) is 24.3 Å².